The first kappa shape index (κ1) is 31.3. The van der Waals surface area contributed by atoms with Gasteiger partial charge in [-0.05, 0) is 27.8 Å². The van der Waals surface area contributed by atoms with Crippen LogP contribution in [0.15, 0.2) is 35.5 Å². The molecule has 0 radical (unpaired) electrons. The summed E-state index contributed by atoms with van der Waals surface area (Å²) in [7, 11) is 1.91. The van der Waals surface area contributed by atoms with Gasteiger partial charge in [-0.25, -0.2) is 18.7 Å². The zero-order valence-electron chi connectivity index (χ0n) is 24.5. The summed E-state index contributed by atoms with van der Waals surface area (Å²) in [5, 5.41) is 2.25. The molecule has 2 N–H and O–H groups in total. The van der Waals surface area contributed by atoms with Crippen molar-refractivity contribution >= 4 is 23.2 Å². The van der Waals surface area contributed by atoms with E-state index in [4.69, 9.17) is 4.74 Å². The minimum Gasteiger partial charge on any atom is -0.375 e. The standard InChI is InChI=1S/C29H32F5N7O3/c1-15-12-41(13-16(2)39(15)4)22-8-21(30)24(18-9-36-28(37-10-18)40-5-6-44-17(3)14-40)25(31)26(22)38-27(43)19-11-35-23(42)7-20(19)29(32,33)34/h7-11,15-17H,5-6,12-14H2,1-4H3,(H,35,42)(H,38,43)/t15-,16+,17?. The van der Waals surface area contributed by atoms with Crippen LogP contribution in [0.5, 0.6) is 0 Å². The van der Waals surface area contributed by atoms with Gasteiger partial charge in [0.2, 0.25) is 11.5 Å². The Morgan fingerprint density at radius 3 is 2.32 bits per heavy atom. The fourth-order valence-corrected chi connectivity index (χ4v) is 5.53. The van der Waals surface area contributed by atoms with E-state index in [1.165, 1.54) is 12.4 Å². The van der Waals surface area contributed by atoms with E-state index in [9.17, 15) is 22.8 Å². The number of nitrogens with zero attached hydrogens (tertiary/aromatic N) is 5. The number of hydrogen-bond acceptors (Lipinski definition) is 8. The molecule has 15 heteroatoms. The molecule has 3 atom stereocenters. The van der Waals surface area contributed by atoms with Crippen molar-refractivity contribution < 1.29 is 31.5 Å². The van der Waals surface area contributed by atoms with Crippen LogP contribution in [-0.4, -0.2) is 83.8 Å². The Morgan fingerprint density at radius 1 is 1.05 bits per heavy atom. The van der Waals surface area contributed by atoms with Gasteiger partial charge in [0.25, 0.3) is 5.91 Å². The summed E-state index contributed by atoms with van der Waals surface area (Å²) in [6.07, 6.45) is -1.99. The molecule has 2 aliphatic rings. The Balaban J connectivity index is 1.58. The third-order valence-corrected chi connectivity index (χ3v) is 8.06. The molecule has 5 rings (SSSR count). The largest absolute Gasteiger partial charge is 0.417 e. The van der Waals surface area contributed by atoms with Gasteiger partial charge in [-0.1, -0.05) is 0 Å². The van der Waals surface area contributed by atoms with Crippen molar-refractivity contribution in [2.75, 3.05) is 55.0 Å². The van der Waals surface area contributed by atoms with Gasteiger partial charge in [-0.15, -0.1) is 0 Å². The highest BCUT2D eigenvalue weighted by Gasteiger charge is 2.37. The highest BCUT2D eigenvalue weighted by Crippen LogP contribution is 2.40. The van der Waals surface area contributed by atoms with Crippen molar-refractivity contribution in [2.45, 2.75) is 45.1 Å². The van der Waals surface area contributed by atoms with Gasteiger partial charge in [-0.2, -0.15) is 13.2 Å². The number of morpholine rings is 1. The number of likely N-dealkylation sites (N-methyl/N-ethyl adjacent to an activating group) is 1. The lowest BCUT2D eigenvalue weighted by atomic mass is 10.0. The van der Waals surface area contributed by atoms with Crippen LogP contribution < -0.4 is 20.7 Å². The Hall–Kier alpha value is -4.11. The van der Waals surface area contributed by atoms with Crippen LogP contribution >= 0.6 is 0 Å². The molecule has 0 saturated carbocycles. The summed E-state index contributed by atoms with van der Waals surface area (Å²) in [6.45, 7) is 7.92. The molecule has 2 fully saturated rings. The minimum absolute atomic E-state index is 0.0350. The summed E-state index contributed by atoms with van der Waals surface area (Å²) in [5.41, 5.74) is -4.64. The molecule has 1 unspecified atom stereocenters. The number of benzene rings is 1. The lowest BCUT2D eigenvalue weighted by Gasteiger charge is -2.44. The number of H-pyrrole nitrogens is 1. The van der Waals surface area contributed by atoms with Crippen LogP contribution in [0.25, 0.3) is 11.1 Å². The number of anilines is 3. The topological polar surface area (TPSA) is 107 Å². The number of hydrogen-bond donors (Lipinski definition) is 2. The smallest absolute Gasteiger partial charge is 0.375 e. The number of ether oxygens (including phenoxy) is 1. The maximum atomic E-state index is 16.4. The van der Waals surface area contributed by atoms with Crippen molar-refractivity contribution in [1.82, 2.24) is 19.9 Å². The van der Waals surface area contributed by atoms with E-state index in [-0.39, 0.29) is 35.5 Å². The summed E-state index contributed by atoms with van der Waals surface area (Å²) in [5.74, 6) is -3.17. The fraction of sp³-hybridized carbons (Fsp3) is 0.448. The van der Waals surface area contributed by atoms with Crippen LogP contribution in [-0.2, 0) is 10.9 Å². The van der Waals surface area contributed by atoms with Gasteiger partial charge in [-0.3, -0.25) is 14.5 Å². The van der Waals surface area contributed by atoms with E-state index in [0.29, 0.717) is 44.9 Å². The van der Waals surface area contributed by atoms with E-state index in [1.54, 1.807) is 4.90 Å². The number of aromatic amines is 1. The number of carbonyl (C=O) groups excluding carboxylic acids is 1. The van der Waals surface area contributed by atoms with Crippen LogP contribution in [0.2, 0.25) is 0 Å². The molecular formula is C29H32F5N7O3. The molecule has 0 bridgehead atoms. The van der Waals surface area contributed by atoms with Crippen LogP contribution in [0.3, 0.4) is 0 Å². The third kappa shape index (κ3) is 6.24. The molecule has 44 heavy (non-hydrogen) atoms. The molecular weight excluding hydrogens is 589 g/mol. The number of carbonyl (C=O) groups is 1. The molecule has 0 spiro atoms. The Kier molecular flexibility index (Phi) is 8.62. The number of rotatable bonds is 5. The van der Waals surface area contributed by atoms with Crippen molar-refractivity contribution in [3.8, 4) is 11.1 Å². The third-order valence-electron chi connectivity index (χ3n) is 8.06. The maximum Gasteiger partial charge on any atom is 0.417 e. The summed E-state index contributed by atoms with van der Waals surface area (Å²) in [4.78, 5) is 41.2. The number of halogens is 5. The number of alkyl halides is 3. The van der Waals surface area contributed by atoms with Crippen LogP contribution in [0.1, 0.15) is 36.7 Å². The first-order valence-corrected chi connectivity index (χ1v) is 14.0. The number of amides is 1. The quantitative estimate of drug-likeness (QED) is 0.410. The predicted molar refractivity (Wildman–Crippen MR) is 154 cm³/mol. The number of nitrogens with one attached hydrogen (secondary N) is 2. The van der Waals surface area contributed by atoms with E-state index >= 15 is 8.78 Å². The summed E-state index contributed by atoms with van der Waals surface area (Å²) in [6, 6.07) is 1.20. The van der Waals surface area contributed by atoms with Crippen molar-refractivity contribution in [3.05, 3.63) is 63.8 Å². The van der Waals surface area contributed by atoms with Crippen LogP contribution in [0.4, 0.5) is 39.3 Å². The first-order chi connectivity index (χ1) is 20.7. The lowest BCUT2D eigenvalue weighted by Crippen LogP contribution is -2.55. The van der Waals surface area contributed by atoms with E-state index in [2.05, 4.69) is 25.2 Å². The van der Waals surface area contributed by atoms with Gasteiger partial charge in [0.1, 0.15) is 11.5 Å². The van der Waals surface area contributed by atoms with Crippen LogP contribution in [0, 0.1) is 11.6 Å². The zero-order chi connectivity index (χ0) is 31.9. The maximum absolute atomic E-state index is 16.4. The average Bonchev–Trinajstić information content (AvgIpc) is 2.96. The van der Waals surface area contributed by atoms with E-state index in [1.807, 2.05) is 32.7 Å². The second-order valence-electron chi connectivity index (χ2n) is 11.2. The van der Waals surface area contributed by atoms with Gasteiger partial charge >= 0.3 is 6.18 Å². The first-order valence-electron chi connectivity index (χ1n) is 14.0. The van der Waals surface area contributed by atoms with Gasteiger partial charge in [0.15, 0.2) is 5.82 Å². The van der Waals surface area contributed by atoms with Crippen molar-refractivity contribution in [3.63, 3.8) is 0 Å². The highest BCUT2D eigenvalue weighted by atomic mass is 19.4. The number of pyridine rings is 1. The molecule has 236 valence electrons. The monoisotopic (exact) mass is 621 g/mol. The highest BCUT2D eigenvalue weighted by molar-refractivity contribution is 6.07. The molecule has 4 heterocycles. The molecule has 1 aromatic carbocycles. The fourth-order valence-electron chi connectivity index (χ4n) is 5.53. The SMILES string of the molecule is CC1CN(c2ncc(-c3c(F)cc(N4C[C@@H](C)N(C)[C@@H](C)C4)c(NC(=O)c4c[nH]c(=O)cc4C(F)(F)F)c3F)cn2)CCO1. The molecule has 2 aromatic heterocycles. The summed E-state index contributed by atoms with van der Waals surface area (Å²) >= 11 is 0. The van der Waals surface area contributed by atoms with E-state index < -0.39 is 51.7 Å². The van der Waals surface area contributed by atoms with Gasteiger partial charge in [0, 0.05) is 74.5 Å². The minimum atomic E-state index is -5.05. The molecule has 3 aromatic rings. The second kappa shape index (κ2) is 12.1. The van der Waals surface area contributed by atoms with Gasteiger partial charge < -0.3 is 24.8 Å². The van der Waals surface area contributed by atoms with Crippen molar-refractivity contribution in [1.29, 1.82) is 0 Å². The Bertz CT molecular complexity index is 1590. The molecule has 2 aliphatic heterocycles. The molecule has 10 nitrogen and oxygen atoms in total. The van der Waals surface area contributed by atoms with Crippen molar-refractivity contribution in [2.24, 2.45) is 0 Å². The summed E-state index contributed by atoms with van der Waals surface area (Å²) < 4.78 is 78.9. The average molecular weight is 622 g/mol. The molecule has 2 saturated heterocycles. The van der Waals surface area contributed by atoms with E-state index in [0.717, 1.165) is 6.07 Å². The normalized spacial score (nSPS) is 21.4. The second-order valence-corrected chi connectivity index (χ2v) is 11.2. The zero-order valence-corrected chi connectivity index (χ0v) is 24.5. The Morgan fingerprint density at radius 2 is 1.70 bits per heavy atom. The predicted octanol–water partition coefficient (Wildman–Crippen LogP) is 4.14. The molecule has 1 amide bonds. The number of aromatic nitrogens is 3. The number of piperazine rings is 1. The molecule has 0 aliphatic carbocycles. The lowest BCUT2D eigenvalue weighted by molar-refractivity contribution is -0.138. The Labute approximate surface area is 249 Å². The van der Waals surface area contributed by atoms with Gasteiger partial charge in [0.05, 0.1) is 35.1 Å².